The highest BCUT2D eigenvalue weighted by molar-refractivity contribution is 14.0. The highest BCUT2D eigenvalue weighted by Crippen LogP contribution is 2.27. The smallest absolute Gasteiger partial charge is 0.227 e. The molecule has 0 unspecified atom stereocenters. The van der Waals surface area contributed by atoms with Crippen molar-refractivity contribution in [2.24, 2.45) is 10.9 Å². The van der Waals surface area contributed by atoms with E-state index in [-0.39, 0.29) is 35.8 Å². The molecule has 0 saturated heterocycles. The Hall–Kier alpha value is -2.29. The van der Waals surface area contributed by atoms with Crippen LogP contribution in [0.3, 0.4) is 0 Å². The van der Waals surface area contributed by atoms with Gasteiger partial charge in [0.15, 0.2) is 5.96 Å². The molecule has 1 amide bonds. The highest BCUT2D eigenvalue weighted by Gasteiger charge is 2.25. The SMILES string of the molecule is CN=C(NCc1cccc(NC(=O)C2CCC2)c1)N(C)Cc1ccccc1OC.I. The standard InChI is InChI=1S/C23H30N4O2.HI/c1-24-23(27(2)16-19-9-4-5-13-21(19)29-3)25-15-17-8-6-12-20(14-17)26-22(28)18-10-7-11-18;/h4-6,8-9,12-14,18H,7,10-11,15-16H2,1-3H3,(H,24,25)(H,26,28);1H. The number of carbonyl (C=O) groups excluding carboxylic acids is 1. The van der Waals surface area contributed by atoms with Crippen molar-refractivity contribution < 1.29 is 9.53 Å². The molecule has 1 saturated carbocycles. The molecule has 6 nitrogen and oxygen atoms in total. The van der Waals surface area contributed by atoms with Crippen LogP contribution in [0, 0.1) is 5.92 Å². The molecule has 0 bridgehead atoms. The summed E-state index contributed by atoms with van der Waals surface area (Å²) in [6.45, 7) is 1.30. The first-order valence-corrected chi connectivity index (χ1v) is 10.0. The first kappa shape index (κ1) is 24.0. The Balaban J connectivity index is 0.00000320. The van der Waals surface area contributed by atoms with Crippen molar-refractivity contribution in [2.45, 2.75) is 32.4 Å². The normalized spacial score (nSPS) is 13.6. The second kappa shape index (κ2) is 11.8. The Labute approximate surface area is 196 Å². The van der Waals surface area contributed by atoms with Crippen LogP contribution in [0.4, 0.5) is 5.69 Å². The predicted octanol–water partition coefficient (Wildman–Crippen LogP) is 4.26. The van der Waals surface area contributed by atoms with Gasteiger partial charge in [-0.15, -0.1) is 24.0 Å². The lowest BCUT2D eigenvalue weighted by Gasteiger charge is -2.24. The van der Waals surface area contributed by atoms with Gasteiger partial charge in [-0.05, 0) is 36.6 Å². The third-order valence-corrected chi connectivity index (χ3v) is 5.29. The molecule has 7 heteroatoms. The topological polar surface area (TPSA) is 66.0 Å². The molecule has 0 heterocycles. The Bertz CT molecular complexity index is 868. The van der Waals surface area contributed by atoms with Gasteiger partial charge in [-0.1, -0.05) is 36.8 Å². The van der Waals surface area contributed by atoms with Crippen molar-refractivity contribution in [3.05, 3.63) is 59.7 Å². The van der Waals surface area contributed by atoms with Crippen molar-refractivity contribution in [3.8, 4) is 5.75 Å². The van der Waals surface area contributed by atoms with Crippen molar-refractivity contribution in [2.75, 3.05) is 26.5 Å². The van der Waals surface area contributed by atoms with E-state index in [2.05, 4.69) is 26.6 Å². The zero-order valence-corrected chi connectivity index (χ0v) is 20.2. The molecule has 0 aliphatic heterocycles. The number of benzene rings is 2. The number of hydrogen-bond donors (Lipinski definition) is 2. The second-order valence-corrected chi connectivity index (χ2v) is 7.39. The highest BCUT2D eigenvalue weighted by atomic mass is 127. The van der Waals surface area contributed by atoms with Gasteiger partial charge in [0, 0.05) is 44.4 Å². The van der Waals surface area contributed by atoms with Crippen LogP contribution in [-0.4, -0.2) is 38.0 Å². The van der Waals surface area contributed by atoms with Gasteiger partial charge < -0.3 is 20.3 Å². The maximum absolute atomic E-state index is 12.2. The second-order valence-electron chi connectivity index (χ2n) is 7.39. The van der Waals surface area contributed by atoms with E-state index >= 15 is 0 Å². The van der Waals surface area contributed by atoms with Crippen LogP contribution in [0.15, 0.2) is 53.5 Å². The fourth-order valence-corrected chi connectivity index (χ4v) is 3.40. The van der Waals surface area contributed by atoms with Crippen LogP contribution in [0.2, 0.25) is 0 Å². The van der Waals surface area contributed by atoms with E-state index in [9.17, 15) is 4.79 Å². The predicted molar refractivity (Wildman–Crippen MR) is 132 cm³/mol. The molecule has 0 aromatic heterocycles. The summed E-state index contributed by atoms with van der Waals surface area (Å²) in [7, 11) is 5.45. The number of nitrogens with zero attached hydrogens (tertiary/aromatic N) is 2. The van der Waals surface area contributed by atoms with Crippen molar-refractivity contribution in [3.63, 3.8) is 0 Å². The van der Waals surface area contributed by atoms with E-state index in [4.69, 9.17) is 4.74 Å². The number of guanidine groups is 1. The number of halogens is 1. The summed E-state index contributed by atoms with van der Waals surface area (Å²) in [6, 6.07) is 15.9. The van der Waals surface area contributed by atoms with E-state index in [0.717, 1.165) is 47.8 Å². The zero-order valence-electron chi connectivity index (χ0n) is 17.9. The van der Waals surface area contributed by atoms with Gasteiger partial charge in [0.05, 0.1) is 7.11 Å². The molecule has 30 heavy (non-hydrogen) atoms. The number of aliphatic imine (C=N–C) groups is 1. The average molecular weight is 522 g/mol. The number of methoxy groups -OCH3 is 1. The van der Waals surface area contributed by atoms with Gasteiger partial charge >= 0.3 is 0 Å². The summed E-state index contributed by atoms with van der Waals surface area (Å²) < 4.78 is 5.44. The average Bonchev–Trinajstić information content (AvgIpc) is 2.67. The number of rotatable bonds is 7. The van der Waals surface area contributed by atoms with Crippen molar-refractivity contribution in [1.82, 2.24) is 10.2 Å². The minimum atomic E-state index is 0. The summed E-state index contributed by atoms with van der Waals surface area (Å²) in [5, 5.41) is 6.42. The Kier molecular flexibility index (Phi) is 9.42. The first-order valence-electron chi connectivity index (χ1n) is 10.0. The first-order chi connectivity index (χ1) is 14.1. The number of amides is 1. The third kappa shape index (κ3) is 6.35. The van der Waals surface area contributed by atoms with Crippen LogP contribution in [0.25, 0.3) is 0 Å². The molecule has 3 rings (SSSR count). The summed E-state index contributed by atoms with van der Waals surface area (Å²) in [4.78, 5) is 18.6. The number of para-hydroxylation sites is 1. The summed E-state index contributed by atoms with van der Waals surface area (Å²) >= 11 is 0. The molecule has 1 aliphatic carbocycles. The minimum Gasteiger partial charge on any atom is -0.496 e. The molecule has 2 N–H and O–H groups in total. The van der Waals surface area contributed by atoms with Crippen LogP contribution < -0.4 is 15.4 Å². The number of anilines is 1. The van der Waals surface area contributed by atoms with Gasteiger partial charge in [0.2, 0.25) is 5.91 Å². The van der Waals surface area contributed by atoms with E-state index < -0.39 is 0 Å². The van der Waals surface area contributed by atoms with Crippen molar-refractivity contribution >= 4 is 41.5 Å². The molecule has 162 valence electrons. The molecule has 1 aliphatic rings. The Morgan fingerprint density at radius 3 is 2.63 bits per heavy atom. The Morgan fingerprint density at radius 1 is 1.20 bits per heavy atom. The van der Waals surface area contributed by atoms with Crippen LogP contribution >= 0.6 is 24.0 Å². The van der Waals surface area contributed by atoms with Gasteiger partial charge in [-0.3, -0.25) is 9.79 Å². The molecule has 0 atom stereocenters. The number of carbonyl (C=O) groups is 1. The molecular weight excluding hydrogens is 491 g/mol. The van der Waals surface area contributed by atoms with Gasteiger partial charge in [-0.2, -0.15) is 0 Å². The molecule has 0 spiro atoms. The van der Waals surface area contributed by atoms with Crippen LogP contribution in [0.1, 0.15) is 30.4 Å². The Morgan fingerprint density at radius 2 is 1.97 bits per heavy atom. The monoisotopic (exact) mass is 522 g/mol. The number of hydrogen-bond acceptors (Lipinski definition) is 3. The van der Waals surface area contributed by atoms with E-state index in [1.165, 1.54) is 0 Å². The largest absolute Gasteiger partial charge is 0.496 e. The third-order valence-electron chi connectivity index (χ3n) is 5.29. The molecule has 2 aromatic rings. The van der Waals surface area contributed by atoms with Gasteiger partial charge in [-0.25, -0.2) is 0 Å². The van der Waals surface area contributed by atoms with Crippen LogP contribution in [-0.2, 0) is 17.9 Å². The number of nitrogens with one attached hydrogen (secondary N) is 2. The van der Waals surface area contributed by atoms with E-state index in [0.29, 0.717) is 13.1 Å². The summed E-state index contributed by atoms with van der Waals surface area (Å²) in [6.07, 6.45) is 3.16. The lowest BCUT2D eigenvalue weighted by molar-refractivity contribution is -0.122. The van der Waals surface area contributed by atoms with Gasteiger partial charge in [0.1, 0.15) is 5.75 Å². The van der Waals surface area contributed by atoms with Crippen LogP contribution in [0.5, 0.6) is 5.75 Å². The fraction of sp³-hybridized carbons (Fsp3) is 0.391. The quantitative estimate of drug-likeness (QED) is 0.324. The maximum Gasteiger partial charge on any atom is 0.227 e. The van der Waals surface area contributed by atoms with E-state index in [1.807, 2.05) is 49.5 Å². The fourth-order valence-electron chi connectivity index (χ4n) is 3.40. The lowest BCUT2D eigenvalue weighted by atomic mass is 9.85. The minimum absolute atomic E-state index is 0. The zero-order chi connectivity index (χ0) is 20.6. The summed E-state index contributed by atoms with van der Waals surface area (Å²) in [5.74, 6) is 1.97. The van der Waals surface area contributed by atoms with Gasteiger partial charge in [0.25, 0.3) is 0 Å². The number of ether oxygens (including phenoxy) is 1. The molecular formula is C23H31IN4O2. The lowest BCUT2D eigenvalue weighted by Crippen LogP contribution is -2.38. The molecule has 0 radical (unpaired) electrons. The molecule has 1 fully saturated rings. The maximum atomic E-state index is 12.2. The van der Waals surface area contributed by atoms with E-state index in [1.54, 1.807) is 14.2 Å². The summed E-state index contributed by atoms with van der Waals surface area (Å²) in [5.41, 5.74) is 3.03. The molecule has 2 aromatic carbocycles. The van der Waals surface area contributed by atoms with Crippen molar-refractivity contribution in [1.29, 1.82) is 0 Å².